The quantitative estimate of drug-likeness (QED) is 0.316. The highest BCUT2D eigenvalue weighted by Crippen LogP contribution is 2.48. The van der Waals surface area contributed by atoms with Crippen LogP contribution in [0.2, 0.25) is 0 Å². The fourth-order valence-corrected chi connectivity index (χ4v) is 3.08. The van der Waals surface area contributed by atoms with Gasteiger partial charge in [-0.1, -0.05) is 48.5 Å². The van der Waals surface area contributed by atoms with Gasteiger partial charge in [0.2, 0.25) is 0 Å². The summed E-state index contributed by atoms with van der Waals surface area (Å²) < 4.78 is 17.6. The lowest BCUT2D eigenvalue weighted by Crippen LogP contribution is -2.48. The van der Waals surface area contributed by atoms with Crippen LogP contribution in [0.3, 0.4) is 0 Å². The molecule has 0 aliphatic carbocycles. The number of ether oxygens (including phenoxy) is 3. The maximum Gasteiger partial charge on any atom is 0.309 e. The number of esters is 1. The van der Waals surface area contributed by atoms with Crippen LogP contribution in [0, 0.1) is 22.2 Å². The van der Waals surface area contributed by atoms with E-state index in [0.717, 1.165) is 12.8 Å². The molecule has 0 N–H and O–H groups in total. The van der Waals surface area contributed by atoms with Crippen LogP contribution in [0.15, 0.2) is 0 Å². The summed E-state index contributed by atoms with van der Waals surface area (Å²) in [5, 5.41) is 0. The molecule has 1 atom stereocenters. The van der Waals surface area contributed by atoms with Crippen LogP contribution < -0.4 is 0 Å². The standard InChI is InChI=1S/C25H50O4/c1-18(2)27-16-14-22(6,7)24(10,11)20(5)21(26)29-25(12,13)23(8,9)15-17-28-19(3)4/h18-20H,14-17H2,1-13H3. The first-order chi connectivity index (χ1) is 12.9. The van der Waals surface area contributed by atoms with Crippen molar-refractivity contribution < 1.29 is 19.0 Å². The number of carbonyl (C=O) groups is 1. The average Bonchev–Trinajstić information content (AvgIpc) is 2.51. The fraction of sp³-hybridized carbons (Fsp3) is 0.960. The molecule has 0 saturated carbocycles. The van der Waals surface area contributed by atoms with Crippen LogP contribution in [-0.4, -0.2) is 37.0 Å². The first-order valence-electron chi connectivity index (χ1n) is 11.3. The van der Waals surface area contributed by atoms with Crippen LogP contribution in [0.4, 0.5) is 0 Å². The molecule has 0 aliphatic heterocycles. The number of hydrogen-bond acceptors (Lipinski definition) is 4. The van der Waals surface area contributed by atoms with Crippen molar-refractivity contribution in [2.24, 2.45) is 22.2 Å². The van der Waals surface area contributed by atoms with E-state index >= 15 is 0 Å². The van der Waals surface area contributed by atoms with Crippen LogP contribution in [0.25, 0.3) is 0 Å². The molecule has 29 heavy (non-hydrogen) atoms. The van der Waals surface area contributed by atoms with E-state index in [1.165, 1.54) is 0 Å². The molecule has 0 aliphatic rings. The summed E-state index contributed by atoms with van der Waals surface area (Å²) in [7, 11) is 0. The first-order valence-corrected chi connectivity index (χ1v) is 11.3. The summed E-state index contributed by atoms with van der Waals surface area (Å²) in [4.78, 5) is 13.2. The maximum atomic E-state index is 13.2. The molecular formula is C25H50O4. The van der Waals surface area contributed by atoms with Gasteiger partial charge in [-0.25, -0.2) is 0 Å². The largest absolute Gasteiger partial charge is 0.459 e. The highest BCUT2D eigenvalue weighted by Gasteiger charge is 2.47. The highest BCUT2D eigenvalue weighted by atomic mass is 16.6. The lowest BCUT2D eigenvalue weighted by atomic mass is 9.60. The van der Waals surface area contributed by atoms with Gasteiger partial charge < -0.3 is 14.2 Å². The van der Waals surface area contributed by atoms with Gasteiger partial charge in [0, 0.05) is 18.6 Å². The van der Waals surface area contributed by atoms with Crippen LogP contribution in [-0.2, 0) is 19.0 Å². The molecule has 1 unspecified atom stereocenters. The van der Waals surface area contributed by atoms with Gasteiger partial charge in [-0.15, -0.1) is 0 Å². The topological polar surface area (TPSA) is 44.8 Å². The molecule has 4 heteroatoms. The van der Waals surface area contributed by atoms with Gasteiger partial charge in [-0.05, 0) is 65.2 Å². The van der Waals surface area contributed by atoms with Crippen LogP contribution in [0.1, 0.15) is 103 Å². The highest BCUT2D eigenvalue weighted by molar-refractivity contribution is 5.73. The zero-order valence-corrected chi connectivity index (χ0v) is 21.7. The molecular weight excluding hydrogens is 364 g/mol. The summed E-state index contributed by atoms with van der Waals surface area (Å²) in [5.41, 5.74) is -1.07. The van der Waals surface area contributed by atoms with Crippen LogP contribution in [0.5, 0.6) is 0 Å². The minimum absolute atomic E-state index is 0.0644. The summed E-state index contributed by atoms with van der Waals surface area (Å²) >= 11 is 0. The van der Waals surface area contributed by atoms with E-state index < -0.39 is 5.60 Å². The minimum Gasteiger partial charge on any atom is -0.459 e. The molecule has 0 fully saturated rings. The van der Waals surface area contributed by atoms with Gasteiger partial charge in [0.05, 0.1) is 18.1 Å². The van der Waals surface area contributed by atoms with Crippen molar-refractivity contribution >= 4 is 5.97 Å². The zero-order chi connectivity index (χ0) is 23.3. The van der Waals surface area contributed by atoms with Crippen molar-refractivity contribution in [1.82, 2.24) is 0 Å². The molecule has 0 heterocycles. The molecule has 0 bridgehead atoms. The Morgan fingerprint density at radius 3 is 1.45 bits per heavy atom. The van der Waals surface area contributed by atoms with Gasteiger partial charge in [0.15, 0.2) is 0 Å². The van der Waals surface area contributed by atoms with Crippen molar-refractivity contribution in [3.05, 3.63) is 0 Å². The van der Waals surface area contributed by atoms with Crippen LogP contribution >= 0.6 is 0 Å². The van der Waals surface area contributed by atoms with E-state index in [4.69, 9.17) is 14.2 Å². The molecule has 0 saturated heterocycles. The Balaban J connectivity index is 5.15. The van der Waals surface area contributed by atoms with Crippen molar-refractivity contribution in [3.63, 3.8) is 0 Å². The van der Waals surface area contributed by atoms with Crippen molar-refractivity contribution in [2.45, 2.75) is 121 Å². The van der Waals surface area contributed by atoms with E-state index in [-0.39, 0.29) is 40.3 Å². The van der Waals surface area contributed by atoms with Gasteiger partial charge in [0.25, 0.3) is 0 Å². The van der Waals surface area contributed by atoms with Gasteiger partial charge in [-0.2, -0.15) is 0 Å². The minimum atomic E-state index is -0.584. The van der Waals surface area contributed by atoms with Gasteiger partial charge >= 0.3 is 5.97 Å². The Morgan fingerprint density at radius 2 is 1.07 bits per heavy atom. The first kappa shape index (κ1) is 28.4. The SMILES string of the molecule is CC(C)OCCC(C)(C)C(C)(C)OC(=O)C(C)C(C)(C)C(C)(C)CCOC(C)C. The Labute approximate surface area is 181 Å². The smallest absolute Gasteiger partial charge is 0.309 e. The Morgan fingerprint density at radius 1 is 0.690 bits per heavy atom. The van der Waals surface area contributed by atoms with Crippen molar-refractivity contribution in [3.8, 4) is 0 Å². The molecule has 0 radical (unpaired) electrons. The van der Waals surface area contributed by atoms with Gasteiger partial charge in [0.1, 0.15) is 5.60 Å². The number of rotatable bonds is 13. The molecule has 0 aromatic rings. The van der Waals surface area contributed by atoms with Crippen molar-refractivity contribution in [2.75, 3.05) is 13.2 Å². The molecule has 0 amide bonds. The Hall–Kier alpha value is -0.610. The number of carbonyl (C=O) groups excluding carboxylic acids is 1. The molecule has 174 valence electrons. The third kappa shape index (κ3) is 8.20. The van der Waals surface area contributed by atoms with Gasteiger partial charge in [-0.3, -0.25) is 4.79 Å². The Bertz CT molecular complexity index is 501. The third-order valence-electron chi connectivity index (χ3n) is 7.52. The molecule has 0 rings (SSSR count). The second-order valence-corrected chi connectivity index (χ2v) is 11.5. The molecule has 0 aromatic carbocycles. The third-order valence-corrected chi connectivity index (χ3v) is 7.52. The summed E-state index contributed by atoms with van der Waals surface area (Å²) in [5.74, 6) is -0.353. The van der Waals surface area contributed by atoms with Crippen molar-refractivity contribution in [1.29, 1.82) is 0 Å². The maximum absolute atomic E-state index is 13.2. The van der Waals surface area contributed by atoms with E-state index in [2.05, 4.69) is 41.5 Å². The fourth-order valence-electron chi connectivity index (χ4n) is 3.08. The Kier molecular flexibility index (Phi) is 10.4. The van der Waals surface area contributed by atoms with E-state index in [1.807, 2.05) is 48.5 Å². The second kappa shape index (κ2) is 10.6. The van der Waals surface area contributed by atoms with E-state index in [1.54, 1.807) is 0 Å². The monoisotopic (exact) mass is 414 g/mol. The zero-order valence-electron chi connectivity index (χ0n) is 21.7. The second-order valence-electron chi connectivity index (χ2n) is 11.5. The lowest BCUT2D eigenvalue weighted by molar-refractivity contribution is -0.182. The van der Waals surface area contributed by atoms with E-state index in [0.29, 0.717) is 13.2 Å². The summed E-state index contributed by atoms with van der Waals surface area (Å²) in [6.07, 6.45) is 2.16. The predicted molar refractivity (Wildman–Crippen MR) is 122 cm³/mol. The lowest BCUT2D eigenvalue weighted by Gasteiger charge is -2.47. The summed E-state index contributed by atoms with van der Waals surface area (Å²) in [6, 6.07) is 0. The molecule has 4 nitrogen and oxygen atoms in total. The average molecular weight is 415 g/mol. The molecule has 0 aromatic heterocycles. The number of hydrogen-bond donors (Lipinski definition) is 0. The normalized spacial score (nSPS) is 15.1. The van der Waals surface area contributed by atoms with E-state index in [9.17, 15) is 4.79 Å². The molecule has 0 spiro atoms. The summed E-state index contributed by atoms with van der Waals surface area (Å²) in [6.45, 7) is 28.6. The predicted octanol–water partition coefficient (Wildman–Crippen LogP) is 6.65.